The van der Waals surface area contributed by atoms with Gasteiger partial charge in [-0.1, -0.05) is 78.5 Å². The highest BCUT2D eigenvalue weighted by molar-refractivity contribution is 8.03. The molecule has 3 aliphatic heterocycles. The molecule has 185 valence electrons. The van der Waals surface area contributed by atoms with E-state index >= 15 is 0 Å². The van der Waals surface area contributed by atoms with Gasteiger partial charge in [0.15, 0.2) is 7.28 Å². The summed E-state index contributed by atoms with van der Waals surface area (Å²) in [7, 11) is 2.48. The van der Waals surface area contributed by atoms with Gasteiger partial charge in [0.2, 0.25) is 0 Å². The van der Waals surface area contributed by atoms with Crippen molar-refractivity contribution in [3.05, 3.63) is 88.0 Å². The summed E-state index contributed by atoms with van der Waals surface area (Å²) < 4.78 is 0. The molecule has 37 heavy (non-hydrogen) atoms. The number of hydrogen-bond acceptors (Lipinski definition) is 3. The van der Waals surface area contributed by atoms with Crippen LogP contribution in [0.15, 0.2) is 76.2 Å². The number of nitrogens with zero attached hydrogens (tertiary/aromatic N) is 1. The van der Waals surface area contributed by atoms with Crippen LogP contribution in [0.25, 0.3) is 5.57 Å². The van der Waals surface area contributed by atoms with Crippen LogP contribution in [-0.4, -0.2) is 13.3 Å². The molecule has 2 nitrogen and oxygen atoms in total. The second kappa shape index (κ2) is 9.17. The highest BCUT2D eigenvalue weighted by atomic mass is 32.2. The van der Waals surface area contributed by atoms with E-state index in [-0.39, 0.29) is 0 Å². The van der Waals surface area contributed by atoms with Gasteiger partial charge in [0.1, 0.15) is 0 Å². The Balaban J connectivity index is 1.40. The van der Waals surface area contributed by atoms with Crippen LogP contribution >= 0.6 is 11.8 Å². The van der Waals surface area contributed by atoms with E-state index in [1.165, 1.54) is 91.4 Å². The lowest BCUT2D eigenvalue weighted by molar-refractivity contribution is 0.431. The van der Waals surface area contributed by atoms with Crippen molar-refractivity contribution in [3.63, 3.8) is 0 Å². The molecular weight excluding hydrogens is 467 g/mol. The number of benzene rings is 3. The number of fused-ring (bicyclic) bond motifs is 3. The van der Waals surface area contributed by atoms with Crippen molar-refractivity contribution < 1.29 is 0 Å². The van der Waals surface area contributed by atoms with Crippen LogP contribution in [-0.2, 0) is 6.42 Å². The molecule has 1 aliphatic carbocycles. The summed E-state index contributed by atoms with van der Waals surface area (Å²) in [6.45, 7) is 7.17. The Bertz CT molecular complexity index is 1470. The predicted molar refractivity (Wildman–Crippen MR) is 161 cm³/mol. The summed E-state index contributed by atoms with van der Waals surface area (Å²) in [6, 6.07) is 21.0. The average molecular weight is 502 g/mol. The molecule has 3 aromatic rings. The first kappa shape index (κ1) is 23.3. The lowest BCUT2D eigenvalue weighted by Crippen LogP contribution is -2.48. The summed E-state index contributed by atoms with van der Waals surface area (Å²) in [6.07, 6.45) is 9.72. The minimum Gasteiger partial charge on any atom is -0.353 e. The first-order chi connectivity index (χ1) is 18.1. The van der Waals surface area contributed by atoms with Crippen LogP contribution < -0.4 is 21.1 Å². The molecule has 7 rings (SSSR count). The van der Waals surface area contributed by atoms with Gasteiger partial charge < -0.3 is 10.2 Å². The van der Waals surface area contributed by atoms with Gasteiger partial charge in [0, 0.05) is 32.8 Å². The summed E-state index contributed by atoms with van der Waals surface area (Å²) in [5, 5.41) is 3.84. The standard InChI is InChI=1S/C33H34BN2S/c1-20-18-25(24-13-9-17-30-32(24)35-27-15-6-7-16-29(27)37-30)31-28(19-20)36-22(3)21(2)10-4-5-11-23-12-8-14-26(34-31)33(23)36/h6-8,12-16,18-19,21-22,35H,4-5,9-11,17H2,1-3H3. The van der Waals surface area contributed by atoms with Gasteiger partial charge in [-0.15, -0.1) is 0 Å². The van der Waals surface area contributed by atoms with Gasteiger partial charge in [-0.3, -0.25) is 0 Å². The van der Waals surface area contributed by atoms with E-state index in [4.69, 9.17) is 0 Å². The zero-order valence-corrected chi connectivity index (χ0v) is 22.9. The fraction of sp³-hybridized carbons (Fsp3) is 0.333. The van der Waals surface area contributed by atoms with Gasteiger partial charge in [-0.25, -0.2) is 0 Å². The third-order valence-corrected chi connectivity index (χ3v) is 10.0. The lowest BCUT2D eigenvalue weighted by Gasteiger charge is -2.42. The van der Waals surface area contributed by atoms with Crippen LogP contribution in [0.1, 0.15) is 62.6 Å². The highest BCUT2D eigenvalue weighted by Crippen LogP contribution is 2.48. The number of anilines is 3. The molecule has 0 aromatic heterocycles. The van der Waals surface area contributed by atoms with Gasteiger partial charge in [-0.05, 0) is 86.8 Å². The average Bonchev–Trinajstić information content (AvgIpc) is 2.97. The van der Waals surface area contributed by atoms with Crippen molar-refractivity contribution in [3.8, 4) is 0 Å². The first-order valence-corrected chi connectivity index (χ1v) is 14.8. The van der Waals surface area contributed by atoms with Crippen molar-refractivity contribution in [1.29, 1.82) is 0 Å². The van der Waals surface area contributed by atoms with Gasteiger partial charge in [0.25, 0.3) is 0 Å². The Morgan fingerprint density at radius 2 is 1.89 bits per heavy atom. The molecule has 0 amide bonds. The Morgan fingerprint density at radius 1 is 1.00 bits per heavy atom. The Kier molecular flexibility index (Phi) is 5.77. The SMILES string of the molecule is Cc1cc(C2=CCCC3=C2Nc2ccccc2S3)c2c(c1)N1c3c(cccc3CCCCC(C)C1C)[B]2. The number of hydrogen-bond donors (Lipinski definition) is 1. The van der Waals surface area contributed by atoms with Crippen LogP contribution in [0.3, 0.4) is 0 Å². The Morgan fingerprint density at radius 3 is 2.81 bits per heavy atom. The molecule has 1 radical (unpaired) electrons. The van der Waals surface area contributed by atoms with Crippen LogP contribution in [0.5, 0.6) is 0 Å². The highest BCUT2D eigenvalue weighted by Gasteiger charge is 2.35. The Hall–Kier alpha value is -2.85. The van der Waals surface area contributed by atoms with Crippen LogP contribution in [0.4, 0.5) is 17.1 Å². The van der Waals surface area contributed by atoms with E-state index < -0.39 is 0 Å². The fourth-order valence-electron chi connectivity index (χ4n) is 6.69. The number of nitrogens with one attached hydrogen (secondary N) is 1. The number of aryl methyl sites for hydroxylation is 2. The summed E-state index contributed by atoms with van der Waals surface area (Å²) in [5.74, 6) is 0.644. The molecule has 3 aromatic carbocycles. The number of rotatable bonds is 1. The monoisotopic (exact) mass is 501 g/mol. The second-order valence-electron chi connectivity index (χ2n) is 11.3. The van der Waals surface area contributed by atoms with Crippen molar-refractivity contribution in [2.75, 3.05) is 10.2 Å². The lowest BCUT2D eigenvalue weighted by atomic mass is 9.57. The maximum atomic E-state index is 3.84. The van der Waals surface area contributed by atoms with E-state index in [9.17, 15) is 0 Å². The van der Waals surface area contributed by atoms with E-state index in [1.807, 2.05) is 11.8 Å². The maximum absolute atomic E-state index is 3.84. The summed E-state index contributed by atoms with van der Waals surface area (Å²) in [5.41, 5.74) is 13.7. The molecule has 0 fully saturated rings. The number of para-hydroxylation sites is 2. The zero-order chi connectivity index (χ0) is 25.1. The molecule has 3 heterocycles. The third kappa shape index (κ3) is 3.87. The molecule has 1 N–H and O–H groups in total. The molecular formula is C33H34BN2S. The smallest absolute Gasteiger partial charge is 0.197 e. The van der Waals surface area contributed by atoms with E-state index in [0.29, 0.717) is 12.0 Å². The normalized spacial score (nSPS) is 22.1. The summed E-state index contributed by atoms with van der Waals surface area (Å²) in [4.78, 5) is 5.51. The second-order valence-corrected chi connectivity index (χ2v) is 12.4. The molecule has 0 saturated heterocycles. The predicted octanol–water partition coefficient (Wildman–Crippen LogP) is 7.46. The van der Waals surface area contributed by atoms with Crippen LogP contribution in [0.2, 0.25) is 0 Å². The van der Waals surface area contributed by atoms with E-state index in [0.717, 1.165) is 12.8 Å². The molecule has 4 heteroatoms. The molecule has 0 spiro atoms. The first-order valence-electron chi connectivity index (χ1n) is 14.0. The molecule has 4 aliphatic rings. The van der Waals surface area contributed by atoms with Crippen LogP contribution in [0, 0.1) is 12.8 Å². The maximum Gasteiger partial charge on any atom is 0.197 e. The number of allylic oxidation sites excluding steroid dienone is 3. The van der Waals surface area contributed by atoms with Crippen molar-refractivity contribution >= 4 is 52.6 Å². The largest absolute Gasteiger partial charge is 0.353 e. The van der Waals surface area contributed by atoms with E-state index in [2.05, 4.69) is 98.9 Å². The van der Waals surface area contributed by atoms with Gasteiger partial charge in [-0.2, -0.15) is 0 Å². The molecule has 2 unspecified atom stereocenters. The van der Waals surface area contributed by atoms with E-state index in [1.54, 1.807) is 0 Å². The van der Waals surface area contributed by atoms with Crippen molar-refractivity contribution in [2.24, 2.45) is 5.92 Å². The van der Waals surface area contributed by atoms with Gasteiger partial charge in [0.05, 0.1) is 11.4 Å². The topological polar surface area (TPSA) is 15.3 Å². The third-order valence-electron chi connectivity index (χ3n) is 8.78. The number of thioether (sulfide) groups is 1. The molecule has 0 bridgehead atoms. The quantitative estimate of drug-likeness (QED) is 0.349. The minimum atomic E-state index is 0.449. The summed E-state index contributed by atoms with van der Waals surface area (Å²) >= 11 is 1.95. The van der Waals surface area contributed by atoms with Crippen molar-refractivity contribution in [1.82, 2.24) is 0 Å². The fourth-order valence-corrected chi connectivity index (χ4v) is 7.81. The van der Waals surface area contributed by atoms with Crippen molar-refractivity contribution in [2.45, 2.75) is 70.2 Å². The molecule has 0 saturated carbocycles. The minimum absolute atomic E-state index is 0.449. The molecule has 2 atom stereocenters. The zero-order valence-electron chi connectivity index (χ0n) is 22.1. The Labute approximate surface area is 226 Å². The van der Waals surface area contributed by atoms with Gasteiger partial charge >= 0.3 is 0 Å².